The molecule has 5 nitrogen and oxygen atoms in total. The van der Waals surface area contributed by atoms with Crippen LogP contribution in [-0.2, 0) is 0 Å². The number of nitrogens with two attached hydrogens (primary N) is 2. The smallest absolute Gasteiger partial charge is 0.192 e. The van der Waals surface area contributed by atoms with Gasteiger partial charge in [0.05, 0.1) is 0 Å². The summed E-state index contributed by atoms with van der Waals surface area (Å²) in [4.78, 5) is 12.1. The van der Waals surface area contributed by atoms with Crippen LogP contribution in [0.15, 0.2) is 48.1 Å². The normalized spacial score (nSPS) is 21.5. The number of carbonyl (C=O) groups is 1. The molecule has 1 aromatic rings. The third-order valence-electron chi connectivity index (χ3n) is 2.77. The van der Waals surface area contributed by atoms with E-state index in [0.717, 1.165) is 0 Å². The number of aromatic hydroxyl groups is 1. The highest BCUT2D eigenvalue weighted by molar-refractivity contribution is 6.11. The minimum Gasteiger partial charge on any atom is -0.508 e. The SMILES string of the molecule is NC1(N)C=CC(C(=O)c2cccc(O)c2)=CC1O. The van der Waals surface area contributed by atoms with Gasteiger partial charge in [0.25, 0.3) is 0 Å². The van der Waals surface area contributed by atoms with E-state index in [2.05, 4.69) is 0 Å². The number of aliphatic hydroxyl groups is 1. The predicted molar refractivity (Wildman–Crippen MR) is 66.8 cm³/mol. The van der Waals surface area contributed by atoms with Crippen LogP contribution in [-0.4, -0.2) is 27.8 Å². The summed E-state index contributed by atoms with van der Waals surface area (Å²) in [6.45, 7) is 0. The number of aliphatic hydroxyl groups excluding tert-OH is 1. The summed E-state index contributed by atoms with van der Waals surface area (Å²) in [7, 11) is 0. The fourth-order valence-electron chi connectivity index (χ4n) is 1.67. The Hall–Kier alpha value is -1.95. The van der Waals surface area contributed by atoms with Crippen molar-refractivity contribution in [3.63, 3.8) is 0 Å². The van der Waals surface area contributed by atoms with Gasteiger partial charge in [-0.15, -0.1) is 0 Å². The molecule has 0 bridgehead atoms. The third kappa shape index (κ3) is 2.33. The van der Waals surface area contributed by atoms with Crippen molar-refractivity contribution in [1.29, 1.82) is 0 Å². The molecule has 2 rings (SSSR count). The molecule has 0 aliphatic heterocycles. The van der Waals surface area contributed by atoms with Crippen molar-refractivity contribution >= 4 is 5.78 Å². The number of rotatable bonds is 2. The maximum atomic E-state index is 12.1. The summed E-state index contributed by atoms with van der Waals surface area (Å²) in [5.41, 5.74) is 10.4. The summed E-state index contributed by atoms with van der Waals surface area (Å²) in [6, 6.07) is 5.98. The number of ketones is 1. The van der Waals surface area contributed by atoms with E-state index in [-0.39, 0.29) is 11.5 Å². The Labute approximate surface area is 104 Å². The highest BCUT2D eigenvalue weighted by atomic mass is 16.3. The van der Waals surface area contributed by atoms with Crippen LogP contribution in [0.2, 0.25) is 0 Å². The van der Waals surface area contributed by atoms with Crippen LogP contribution in [0.3, 0.4) is 0 Å². The van der Waals surface area contributed by atoms with Gasteiger partial charge < -0.3 is 21.7 Å². The first kappa shape index (κ1) is 12.5. The molecular formula is C13H14N2O3. The van der Waals surface area contributed by atoms with Gasteiger partial charge in [-0.2, -0.15) is 0 Å². The molecule has 0 saturated heterocycles. The Kier molecular flexibility index (Phi) is 3.04. The number of Topliss-reactive ketones (excluding diaryl/α,β-unsaturated/α-hetero) is 1. The molecular weight excluding hydrogens is 232 g/mol. The van der Waals surface area contributed by atoms with Crippen LogP contribution in [0.1, 0.15) is 10.4 Å². The number of phenolic OH excluding ortho intramolecular Hbond substituents is 1. The summed E-state index contributed by atoms with van der Waals surface area (Å²) in [5, 5.41) is 19.0. The van der Waals surface area contributed by atoms with Gasteiger partial charge in [-0.1, -0.05) is 18.2 Å². The lowest BCUT2D eigenvalue weighted by Gasteiger charge is -2.28. The van der Waals surface area contributed by atoms with E-state index >= 15 is 0 Å². The molecule has 0 radical (unpaired) electrons. The number of benzene rings is 1. The van der Waals surface area contributed by atoms with Crippen molar-refractivity contribution in [3.05, 3.63) is 53.6 Å². The van der Waals surface area contributed by atoms with E-state index in [1.807, 2.05) is 0 Å². The van der Waals surface area contributed by atoms with Gasteiger partial charge >= 0.3 is 0 Å². The quantitative estimate of drug-likeness (QED) is 0.435. The van der Waals surface area contributed by atoms with Crippen molar-refractivity contribution in [3.8, 4) is 5.75 Å². The first-order chi connectivity index (χ1) is 8.40. The standard InChI is InChI=1S/C13H14N2O3/c14-13(15)5-4-9(7-11(13)17)12(18)8-2-1-3-10(16)6-8/h1-7,11,16-17H,14-15H2. The zero-order chi connectivity index (χ0) is 13.3. The van der Waals surface area contributed by atoms with Gasteiger partial charge in [0.2, 0.25) is 0 Å². The average molecular weight is 246 g/mol. The van der Waals surface area contributed by atoms with Crippen molar-refractivity contribution in [1.82, 2.24) is 0 Å². The van der Waals surface area contributed by atoms with Gasteiger partial charge in [-0.3, -0.25) is 4.79 Å². The Morgan fingerprint density at radius 2 is 2.06 bits per heavy atom. The average Bonchev–Trinajstić information content (AvgIpc) is 2.32. The summed E-state index contributed by atoms with van der Waals surface area (Å²) in [6.07, 6.45) is 3.04. The molecule has 0 spiro atoms. The number of hydrogen-bond donors (Lipinski definition) is 4. The Bertz CT molecular complexity index is 547. The van der Waals surface area contributed by atoms with E-state index in [0.29, 0.717) is 11.1 Å². The van der Waals surface area contributed by atoms with E-state index in [1.54, 1.807) is 12.1 Å². The molecule has 0 heterocycles. The molecule has 0 fully saturated rings. The molecule has 0 amide bonds. The van der Waals surface area contributed by atoms with Crippen LogP contribution in [0, 0.1) is 0 Å². The summed E-state index contributed by atoms with van der Waals surface area (Å²) in [5.74, 6) is -0.300. The third-order valence-corrected chi connectivity index (χ3v) is 2.77. The summed E-state index contributed by atoms with van der Waals surface area (Å²) >= 11 is 0. The lowest BCUT2D eigenvalue weighted by Crippen LogP contribution is -2.57. The number of allylic oxidation sites excluding steroid dienone is 2. The van der Waals surface area contributed by atoms with E-state index < -0.39 is 11.8 Å². The largest absolute Gasteiger partial charge is 0.508 e. The van der Waals surface area contributed by atoms with Gasteiger partial charge in [0, 0.05) is 11.1 Å². The number of phenols is 1. The van der Waals surface area contributed by atoms with Crippen LogP contribution >= 0.6 is 0 Å². The molecule has 1 aliphatic rings. The van der Waals surface area contributed by atoms with Crippen LogP contribution in [0.5, 0.6) is 5.75 Å². The fraction of sp³-hybridized carbons (Fsp3) is 0.154. The van der Waals surface area contributed by atoms with E-state index in [4.69, 9.17) is 11.5 Å². The second-order valence-electron chi connectivity index (χ2n) is 4.28. The van der Waals surface area contributed by atoms with Crippen LogP contribution in [0.4, 0.5) is 0 Å². The topological polar surface area (TPSA) is 110 Å². The second kappa shape index (κ2) is 4.38. The first-order valence-corrected chi connectivity index (χ1v) is 5.41. The van der Waals surface area contributed by atoms with Gasteiger partial charge in [0.15, 0.2) is 5.78 Å². The van der Waals surface area contributed by atoms with Gasteiger partial charge in [-0.25, -0.2) is 0 Å². The molecule has 18 heavy (non-hydrogen) atoms. The van der Waals surface area contributed by atoms with Gasteiger partial charge in [0.1, 0.15) is 17.5 Å². The van der Waals surface area contributed by atoms with E-state index in [9.17, 15) is 15.0 Å². The number of hydrogen-bond acceptors (Lipinski definition) is 5. The second-order valence-corrected chi connectivity index (χ2v) is 4.28. The zero-order valence-corrected chi connectivity index (χ0v) is 9.58. The molecule has 0 aromatic heterocycles. The van der Waals surface area contributed by atoms with Crippen molar-refractivity contribution < 1.29 is 15.0 Å². The minimum absolute atomic E-state index is 0.00813. The molecule has 94 valence electrons. The molecule has 1 atom stereocenters. The van der Waals surface area contributed by atoms with Crippen molar-refractivity contribution in [2.24, 2.45) is 11.5 Å². The Morgan fingerprint density at radius 1 is 1.33 bits per heavy atom. The molecule has 1 aliphatic carbocycles. The Balaban J connectivity index is 2.29. The first-order valence-electron chi connectivity index (χ1n) is 5.41. The Morgan fingerprint density at radius 3 is 2.67 bits per heavy atom. The highest BCUT2D eigenvalue weighted by Gasteiger charge is 2.29. The lowest BCUT2D eigenvalue weighted by molar-refractivity contribution is 0.102. The maximum absolute atomic E-state index is 12.1. The fourth-order valence-corrected chi connectivity index (χ4v) is 1.67. The molecule has 1 unspecified atom stereocenters. The molecule has 6 N–H and O–H groups in total. The van der Waals surface area contributed by atoms with Crippen LogP contribution < -0.4 is 11.5 Å². The van der Waals surface area contributed by atoms with Gasteiger partial charge in [-0.05, 0) is 24.3 Å². The summed E-state index contributed by atoms with van der Waals surface area (Å²) < 4.78 is 0. The lowest BCUT2D eigenvalue weighted by atomic mass is 9.91. The van der Waals surface area contributed by atoms with Crippen LogP contribution in [0.25, 0.3) is 0 Å². The zero-order valence-electron chi connectivity index (χ0n) is 9.58. The minimum atomic E-state index is -1.36. The molecule has 5 heteroatoms. The van der Waals surface area contributed by atoms with E-state index in [1.165, 1.54) is 30.4 Å². The maximum Gasteiger partial charge on any atom is 0.192 e. The highest BCUT2D eigenvalue weighted by Crippen LogP contribution is 2.20. The number of carbonyl (C=O) groups excluding carboxylic acids is 1. The van der Waals surface area contributed by atoms with Crippen molar-refractivity contribution in [2.75, 3.05) is 0 Å². The predicted octanol–water partition coefficient (Wildman–Crippen LogP) is 0.0457. The molecule has 0 saturated carbocycles. The monoisotopic (exact) mass is 246 g/mol. The van der Waals surface area contributed by atoms with Crippen molar-refractivity contribution in [2.45, 2.75) is 11.8 Å². The molecule has 1 aromatic carbocycles.